The average molecular weight is 597 g/mol. The molecule has 1 heterocycles. The van der Waals surface area contributed by atoms with E-state index in [1.54, 1.807) is 18.2 Å². The maximum absolute atomic E-state index is 14.0. The molecule has 1 aliphatic rings. The molecule has 0 bridgehead atoms. The molecule has 0 spiro atoms. The first-order valence-electron chi connectivity index (χ1n) is 11.2. The van der Waals surface area contributed by atoms with Crippen LogP contribution in [-0.4, -0.2) is 45.2 Å². The summed E-state index contributed by atoms with van der Waals surface area (Å²) < 4.78 is 35.3. The van der Waals surface area contributed by atoms with Gasteiger partial charge >= 0.3 is 0 Å². The van der Waals surface area contributed by atoms with Gasteiger partial charge in [0, 0.05) is 5.69 Å². The third kappa shape index (κ3) is 4.82. The molecular formula is C27H21Cl3FNO7. The van der Waals surface area contributed by atoms with Gasteiger partial charge in [-0.15, -0.1) is 0 Å². The van der Waals surface area contributed by atoms with Crippen molar-refractivity contribution in [2.75, 3.05) is 33.3 Å². The van der Waals surface area contributed by atoms with Crippen LogP contribution in [0.5, 0.6) is 23.0 Å². The number of aliphatic hydroxyl groups is 1. The second-order valence-electron chi connectivity index (χ2n) is 8.17. The molecule has 0 aromatic heterocycles. The van der Waals surface area contributed by atoms with E-state index >= 15 is 0 Å². The molecule has 3 aromatic carbocycles. The molecule has 12 heteroatoms. The normalized spacial score (nSPS) is 16.4. The number of ether oxygens (including phenoxy) is 4. The van der Waals surface area contributed by atoms with Crippen molar-refractivity contribution in [1.82, 2.24) is 0 Å². The number of rotatable bonds is 7. The van der Waals surface area contributed by atoms with Crippen LogP contribution in [0.25, 0.3) is 5.76 Å². The van der Waals surface area contributed by atoms with Gasteiger partial charge in [-0.25, -0.2) is 4.39 Å². The summed E-state index contributed by atoms with van der Waals surface area (Å²) in [7, 11) is 5.52. The number of methoxy groups -OCH3 is 4. The predicted molar refractivity (Wildman–Crippen MR) is 145 cm³/mol. The molecule has 3 aromatic rings. The van der Waals surface area contributed by atoms with Crippen molar-refractivity contribution in [2.24, 2.45) is 0 Å². The van der Waals surface area contributed by atoms with Crippen molar-refractivity contribution in [3.05, 3.63) is 80.0 Å². The number of hydrogen-bond donors (Lipinski definition) is 1. The van der Waals surface area contributed by atoms with Gasteiger partial charge in [-0.2, -0.15) is 0 Å². The number of anilines is 1. The van der Waals surface area contributed by atoms with Crippen LogP contribution in [0.15, 0.2) is 48.0 Å². The largest absolute Gasteiger partial charge is 0.507 e. The lowest BCUT2D eigenvalue weighted by Gasteiger charge is -2.26. The van der Waals surface area contributed by atoms with Crippen molar-refractivity contribution in [1.29, 1.82) is 0 Å². The van der Waals surface area contributed by atoms with Gasteiger partial charge in [0.05, 0.1) is 55.7 Å². The molecule has 39 heavy (non-hydrogen) atoms. The third-order valence-electron chi connectivity index (χ3n) is 6.14. The van der Waals surface area contributed by atoms with Gasteiger partial charge in [0.25, 0.3) is 11.7 Å². The Hall–Kier alpha value is -3.66. The van der Waals surface area contributed by atoms with Crippen molar-refractivity contribution < 1.29 is 38.0 Å². The number of halogens is 4. The van der Waals surface area contributed by atoms with Crippen molar-refractivity contribution in [2.45, 2.75) is 6.04 Å². The van der Waals surface area contributed by atoms with E-state index in [1.165, 1.54) is 46.6 Å². The zero-order valence-corrected chi connectivity index (χ0v) is 23.2. The van der Waals surface area contributed by atoms with Crippen LogP contribution >= 0.6 is 34.8 Å². The predicted octanol–water partition coefficient (Wildman–Crippen LogP) is 6.45. The Bertz CT molecular complexity index is 1530. The third-order valence-corrected chi connectivity index (χ3v) is 7.06. The van der Waals surface area contributed by atoms with Gasteiger partial charge < -0.3 is 24.1 Å². The van der Waals surface area contributed by atoms with E-state index in [-0.39, 0.29) is 43.4 Å². The van der Waals surface area contributed by atoms with Crippen LogP contribution in [0.4, 0.5) is 10.1 Å². The second-order valence-corrected chi connectivity index (χ2v) is 9.36. The molecule has 0 saturated carbocycles. The Labute approximate surface area is 238 Å². The van der Waals surface area contributed by atoms with Crippen molar-refractivity contribution in [3.8, 4) is 23.0 Å². The Morgan fingerprint density at radius 3 is 2.10 bits per heavy atom. The number of Topliss-reactive ketones (excluding diaryl/α,β-unsaturated/α-hetero) is 1. The molecule has 1 unspecified atom stereocenters. The summed E-state index contributed by atoms with van der Waals surface area (Å²) in [5, 5.41) is 11.2. The summed E-state index contributed by atoms with van der Waals surface area (Å²) in [4.78, 5) is 28.0. The highest BCUT2D eigenvalue weighted by Crippen LogP contribution is 2.49. The fourth-order valence-electron chi connectivity index (χ4n) is 4.36. The van der Waals surface area contributed by atoms with Gasteiger partial charge in [0.2, 0.25) is 0 Å². The number of carbonyl (C=O) groups is 2. The molecule has 1 fully saturated rings. The minimum Gasteiger partial charge on any atom is -0.507 e. The molecule has 4 rings (SSSR count). The molecule has 1 saturated heterocycles. The van der Waals surface area contributed by atoms with Gasteiger partial charge in [-0.1, -0.05) is 40.9 Å². The van der Waals surface area contributed by atoms with Gasteiger partial charge in [0.1, 0.15) is 16.6 Å². The molecule has 1 amide bonds. The van der Waals surface area contributed by atoms with Crippen LogP contribution in [0.2, 0.25) is 15.1 Å². The highest BCUT2D eigenvalue weighted by molar-refractivity contribution is 6.52. The maximum atomic E-state index is 14.0. The SMILES string of the molecule is COc1ccc(C2/C(=C(\O)c3cc(Cl)c(OC)c(Cl)c3OC)C(=O)C(=O)N2c2ccc(F)c(Cl)c2)cc1OC. The molecule has 8 nitrogen and oxygen atoms in total. The number of aliphatic hydroxyl groups excluding tert-OH is 1. The van der Waals surface area contributed by atoms with E-state index in [1.807, 2.05) is 0 Å². The maximum Gasteiger partial charge on any atom is 0.300 e. The second kappa shape index (κ2) is 11.2. The number of amides is 1. The number of ketones is 1. The van der Waals surface area contributed by atoms with Gasteiger partial charge in [0.15, 0.2) is 23.0 Å². The van der Waals surface area contributed by atoms with Crippen LogP contribution in [0.1, 0.15) is 17.2 Å². The minimum absolute atomic E-state index is 0.0204. The van der Waals surface area contributed by atoms with E-state index in [4.69, 9.17) is 53.8 Å². The molecule has 1 N–H and O–H groups in total. The van der Waals surface area contributed by atoms with Crippen LogP contribution in [-0.2, 0) is 9.59 Å². The van der Waals surface area contributed by atoms with E-state index in [2.05, 4.69) is 0 Å². The zero-order chi connectivity index (χ0) is 28.6. The lowest BCUT2D eigenvalue weighted by molar-refractivity contribution is -0.132. The first kappa shape index (κ1) is 28.4. The first-order valence-corrected chi connectivity index (χ1v) is 12.3. The minimum atomic E-state index is -1.21. The summed E-state index contributed by atoms with van der Waals surface area (Å²) in [5.41, 5.74) is 0.0933. The van der Waals surface area contributed by atoms with E-state index in [0.29, 0.717) is 17.1 Å². The zero-order valence-electron chi connectivity index (χ0n) is 21.0. The van der Waals surface area contributed by atoms with Gasteiger partial charge in [-0.05, 0) is 42.0 Å². The molecule has 1 aliphatic heterocycles. The fraction of sp³-hybridized carbons (Fsp3) is 0.185. The summed E-state index contributed by atoms with van der Waals surface area (Å²) in [5.74, 6) is -2.63. The quantitative estimate of drug-likeness (QED) is 0.190. The average Bonchev–Trinajstić information content (AvgIpc) is 3.19. The van der Waals surface area contributed by atoms with E-state index in [9.17, 15) is 19.1 Å². The fourth-order valence-corrected chi connectivity index (χ4v) is 5.23. The van der Waals surface area contributed by atoms with Gasteiger partial charge in [-0.3, -0.25) is 14.5 Å². The first-order chi connectivity index (χ1) is 18.6. The topological polar surface area (TPSA) is 94.5 Å². The molecule has 0 aliphatic carbocycles. The lowest BCUT2D eigenvalue weighted by atomic mass is 9.94. The summed E-state index contributed by atoms with van der Waals surface area (Å²) in [6.07, 6.45) is 0. The number of benzene rings is 3. The molecule has 204 valence electrons. The standard InChI is InChI=1S/C27H21Cl3FNO7/c1-36-18-8-5-12(9-19(18)37-2)22-20(23(33)14-11-16(29)26(39-4)21(30)25(14)38-3)24(34)27(35)32(22)13-6-7-17(31)15(28)10-13/h5-11,22,33H,1-4H3/b23-20+. The summed E-state index contributed by atoms with van der Waals surface area (Å²) in [6.45, 7) is 0. The Morgan fingerprint density at radius 1 is 0.846 bits per heavy atom. The number of carbonyl (C=O) groups excluding carboxylic acids is 2. The van der Waals surface area contributed by atoms with Crippen LogP contribution in [0, 0.1) is 5.82 Å². The highest BCUT2D eigenvalue weighted by atomic mass is 35.5. The van der Waals surface area contributed by atoms with E-state index in [0.717, 1.165) is 11.0 Å². The molecule has 1 atom stereocenters. The molecule has 0 radical (unpaired) electrons. The Balaban J connectivity index is 2.05. The number of nitrogens with zero attached hydrogens (tertiary/aromatic N) is 1. The lowest BCUT2D eigenvalue weighted by Crippen LogP contribution is -2.29. The summed E-state index contributed by atoms with van der Waals surface area (Å²) in [6, 6.07) is 8.37. The highest BCUT2D eigenvalue weighted by Gasteiger charge is 2.47. The van der Waals surface area contributed by atoms with E-state index < -0.39 is 29.3 Å². The summed E-state index contributed by atoms with van der Waals surface area (Å²) >= 11 is 18.7. The smallest absolute Gasteiger partial charge is 0.300 e. The Morgan fingerprint density at radius 2 is 1.51 bits per heavy atom. The monoisotopic (exact) mass is 595 g/mol. The van der Waals surface area contributed by atoms with Crippen LogP contribution < -0.4 is 23.8 Å². The molecular weight excluding hydrogens is 576 g/mol. The van der Waals surface area contributed by atoms with Crippen molar-refractivity contribution >= 4 is 57.9 Å². The Kier molecular flexibility index (Phi) is 8.15. The van der Waals surface area contributed by atoms with Crippen molar-refractivity contribution in [3.63, 3.8) is 0 Å². The van der Waals surface area contributed by atoms with Crippen LogP contribution in [0.3, 0.4) is 0 Å². The number of hydrogen-bond acceptors (Lipinski definition) is 7.